The lowest BCUT2D eigenvalue weighted by molar-refractivity contribution is 0.101. The summed E-state index contributed by atoms with van der Waals surface area (Å²) in [5.41, 5.74) is 1.89. The average molecular weight is 219 g/mol. The van der Waals surface area contributed by atoms with Gasteiger partial charge in [0.2, 0.25) is 0 Å². The van der Waals surface area contributed by atoms with Gasteiger partial charge in [-0.25, -0.2) is 0 Å². The molecule has 0 aromatic heterocycles. The standard InChI is InChI=1S/C13H17NO2/c1-10(16)12-2-4-13(5-3-12)14-7-6-11(8-14)9-15/h2-5,11,15H,6-9H2,1H3/t11-/m1/s1. The maximum atomic E-state index is 11.1. The molecular weight excluding hydrogens is 202 g/mol. The first-order valence-corrected chi connectivity index (χ1v) is 5.67. The topological polar surface area (TPSA) is 40.5 Å². The van der Waals surface area contributed by atoms with Gasteiger partial charge in [-0.15, -0.1) is 0 Å². The van der Waals surface area contributed by atoms with Crippen molar-refractivity contribution in [3.8, 4) is 0 Å². The van der Waals surface area contributed by atoms with Gasteiger partial charge in [-0.2, -0.15) is 0 Å². The highest BCUT2D eigenvalue weighted by Crippen LogP contribution is 2.23. The van der Waals surface area contributed by atoms with Gasteiger partial charge in [-0.3, -0.25) is 4.79 Å². The summed E-state index contributed by atoms with van der Waals surface area (Å²) in [4.78, 5) is 13.4. The van der Waals surface area contributed by atoms with E-state index >= 15 is 0 Å². The highest BCUT2D eigenvalue weighted by molar-refractivity contribution is 5.94. The van der Waals surface area contributed by atoms with Crippen LogP contribution in [0.25, 0.3) is 0 Å². The molecule has 3 nitrogen and oxygen atoms in total. The molecule has 86 valence electrons. The van der Waals surface area contributed by atoms with Crippen molar-refractivity contribution >= 4 is 11.5 Å². The molecule has 1 aromatic rings. The van der Waals surface area contributed by atoms with E-state index in [4.69, 9.17) is 5.11 Å². The molecule has 0 spiro atoms. The zero-order valence-electron chi connectivity index (χ0n) is 9.52. The average Bonchev–Trinajstić information content (AvgIpc) is 2.77. The van der Waals surface area contributed by atoms with Gasteiger partial charge in [0.1, 0.15) is 0 Å². The maximum absolute atomic E-state index is 11.1. The zero-order chi connectivity index (χ0) is 11.5. The maximum Gasteiger partial charge on any atom is 0.159 e. The highest BCUT2D eigenvalue weighted by atomic mass is 16.3. The largest absolute Gasteiger partial charge is 0.396 e. The number of carbonyl (C=O) groups is 1. The molecule has 0 bridgehead atoms. The van der Waals surface area contributed by atoms with Crippen molar-refractivity contribution in [2.24, 2.45) is 5.92 Å². The van der Waals surface area contributed by atoms with Crippen LogP contribution in [-0.4, -0.2) is 30.6 Å². The Hall–Kier alpha value is -1.35. The van der Waals surface area contributed by atoms with Gasteiger partial charge >= 0.3 is 0 Å². The summed E-state index contributed by atoms with van der Waals surface area (Å²) in [5, 5.41) is 9.08. The number of hydrogen-bond donors (Lipinski definition) is 1. The molecule has 0 unspecified atom stereocenters. The first kappa shape index (κ1) is 11.1. The molecular formula is C13H17NO2. The molecule has 0 aliphatic carbocycles. The Balaban J connectivity index is 2.08. The number of carbonyl (C=O) groups excluding carboxylic acids is 1. The molecule has 1 fully saturated rings. The summed E-state index contributed by atoms with van der Waals surface area (Å²) in [5.74, 6) is 0.494. The van der Waals surface area contributed by atoms with Crippen molar-refractivity contribution in [1.29, 1.82) is 0 Å². The first-order chi connectivity index (χ1) is 7.70. The Morgan fingerprint density at radius 2 is 2.12 bits per heavy atom. The lowest BCUT2D eigenvalue weighted by atomic mass is 10.1. The number of ketones is 1. The molecule has 1 atom stereocenters. The molecule has 1 aliphatic heterocycles. The van der Waals surface area contributed by atoms with Crippen LogP contribution in [0.3, 0.4) is 0 Å². The first-order valence-electron chi connectivity index (χ1n) is 5.67. The van der Waals surface area contributed by atoms with Crippen LogP contribution in [0.1, 0.15) is 23.7 Å². The summed E-state index contributed by atoms with van der Waals surface area (Å²) in [6.45, 7) is 3.75. The summed E-state index contributed by atoms with van der Waals surface area (Å²) in [7, 11) is 0. The van der Waals surface area contributed by atoms with Gasteiger partial charge in [0.15, 0.2) is 5.78 Å². The lowest BCUT2D eigenvalue weighted by Crippen LogP contribution is -2.20. The van der Waals surface area contributed by atoms with Crippen LogP contribution in [0.15, 0.2) is 24.3 Å². The summed E-state index contributed by atoms with van der Waals surface area (Å²) in [6.07, 6.45) is 1.05. The van der Waals surface area contributed by atoms with Crippen LogP contribution < -0.4 is 4.90 Å². The van der Waals surface area contributed by atoms with Crippen molar-refractivity contribution in [3.63, 3.8) is 0 Å². The number of aliphatic hydroxyl groups excluding tert-OH is 1. The van der Waals surface area contributed by atoms with E-state index in [-0.39, 0.29) is 12.4 Å². The smallest absolute Gasteiger partial charge is 0.159 e. The molecule has 0 amide bonds. The Kier molecular flexibility index (Phi) is 3.25. The predicted octanol–water partition coefficient (Wildman–Crippen LogP) is 1.71. The quantitative estimate of drug-likeness (QED) is 0.787. The van der Waals surface area contributed by atoms with Gasteiger partial charge < -0.3 is 10.0 Å². The van der Waals surface area contributed by atoms with Crippen molar-refractivity contribution in [1.82, 2.24) is 0 Å². The summed E-state index contributed by atoms with van der Waals surface area (Å²) in [6, 6.07) is 7.70. The Morgan fingerprint density at radius 1 is 1.44 bits per heavy atom. The number of hydrogen-bond acceptors (Lipinski definition) is 3. The number of Topliss-reactive ketones (excluding diaryl/α,β-unsaturated/α-hetero) is 1. The molecule has 1 heterocycles. The van der Waals surface area contributed by atoms with Crippen LogP contribution in [0.5, 0.6) is 0 Å². The third-order valence-electron chi connectivity index (χ3n) is 3.18. The molecule has 16 heavy (non-hydrogen) atoms. The molecule has 3 heteroatoms. The van der Waals surface area contributed by atoms with Crippen molar-refractivity contribution < 1.29 is 9.90 Å². The Labute approximate surface area is 95.7 Å². The van der Waals surface area contributed by atoms with Gasteiger partial charge in [-0.05, 0) is 37.6 Å². The molecule has 0 radical (unpaired) electrons. The fourth-order valence-corrected chi connectivity index (χ4v) is 2.12. The van der Waals surface area contributed by atoms with Crippen LogP contribution >= 0.6 is 0 Å². The van der Waals surface area contributed by atoms with Crippen molar-refractivity contribution in [3.05, 3.63) is 29.8 Å². The zero-order valence-corrected chi connectivity index (χ0v) is 9.52. The van der Waals surface area contributed by atoms with Gasteiger partial charge in [0.25, 0.3) is 0 Å². The lowest BCUT2D eigenvalue weighted by Gasteiger charge is -2.18. The van der Waals surface area contributed by atoms with E-state index < -0.39 is 0 Å². The number of benzene rings is 1. The van der Waals surface area contributed by atoms with E-state index in [1.54, 1.807) is 6.92 Å². The van der Waals surface area contributed by atoms with Crippen LogP contribution in [0.4, 0.5) is 5.69 Å². The van der Waals surface area contributed by atoms with Crippen LogP contribution in [0, 0.1) is 5.92 Å². The van der Waals surface area contributed by atoms with E-state index in [1.165, 1.54) is 0 Å². The minimum Gasteiger partial charge on any atom is -0.396 e. The molecule has 0 saturated carbocycles. The van der Waals surface area contributed by atoms with Crippen molar-refractivity contribution in [2.45, 2.75) is 13.3 Å². The van der Waals surface area contributed by atoms with E-state index in [9.17, 15) is 4.79 Å². The van der Waals surface area contributed by atoms with Crippen LogP contribution in [0.2, 0.25) is 0 Å². The number of rotatable bonds is 3. The van der Waals surface area contributed by atoms with E-state index in [0.717, 1.165) is 30.8 Å². The third kappa shape index (κ3) is 2.25. The normalized spacial score (nSPS) is 20.1. The molecule has 1 N–H and O–H groups in total. The second-order valence-corrected chi connectivity index (χ2v) is 4.39. The summed E-state index contributed by atoms with van der Waals surface area (Å²) >= 11 is 0. The number of aliphatic hydroxyl groups is 1. The van der Waals surface area contributed by atoms with Gasteiger partial charge in [-0.1, -0.05) is 0 Å². The van der Waals surface area contributed by atoms with Gasteiger partial charge in [0.05, 0.1) is 0 Å². The fraction of sp³-hybridized carbons (Fsp3) is 0.462. The number of nitrogens with zero attached hydrogens (tertiary/aromatic N) is 1. The monoisotopic (exact) mass is 219 g/mol. The summed E-state index contributed by atoms with van der Waals surface area (Å²) < 4.78 is 0. The molecule has 1 aliphatic rings. The molecule has 1 saturated heterocycles. The van der Waals surface area contributed by atoms with E-state index in [2.05, 4.69) is 4.90 Å². The van der Waals surface area contributed by atoms with Crippen molar-refractivity contribution in [2.75, 3.05) is 24.6 Å². The number of anilines is 1. The second kappa shape index (κ2) is 4.66. The third-order valence-corrected chi connectivity index (χ3v) is 3.18. The fourth-order valence-electron chi connectivity index (χ4n) is 2.12. The Morgan fingerprint density at radius 3 is 2.62 bits per heavy atom. The minimum absolute atomic E-state index is 0.0983. The van der Waals surface area contributed by atoms with Crippen LogP contribution in [-0.2, 0) is 0 Å². The van der Waals surface area contributed by atoms with E-state index in [0.29, 0.717) is 5.92 Å². The second-order valence-electron chi connectivity index (χ2n) is 4.39. The SMILES string of the molecule is CC(=O)c1ccc(N2CC[C@@H](CO)C2)cc1. The Bertz CT molecular complexity index is 372. The predicted molar refractivity (Wildman–Crippen MR) is 63.9 cm³/mol. The highest BCUT2D eigenvalue weighted by Gasteiger charge is 2.21. The molecule has 1 aromatic carbocycles. The van der Waals surface area contributed by atoms with Gasteiger partial charge in [0, 0.05) is 36.9 Å². The molecule has 2 rings (SSSR count). The minimum atomic E-state index is 0.0983. The van der Waals surface area contributed by atoms with E-state index in [1.807, 2.05) is 24.3 Å².